The second kappa shape index (κ2) is 31.2. The van der Waals surface area contributed by atoms with Crippen LogP contribution in [-0.2, 0) is 28.4 Å². The van der Waals surface area contributed by atoms with E-state index in [9.17, 15) is 29.1 Å². The second-order valence-electron chi connectivity index (χ2n) is 16.8. The number of nitrogens with zero attached hydrogens (tertiary/aromatic N) is 1. The van der Waals surface area contributed by atoms with Gasteiger partial charge in [-0.3, -0.25) is 0 Å². The van der Waals surface area contributed by atoms with Crippen LogP contribution in [0.1, 0.15) is 104 Å². The topological polar surface area (TPSA) is 273 Å². The number of aliphatic hydroxyl groups is 2. The highest BCUT2D eigenvalue weighted by Crippen LogP contribution is 2.13. The lowest BCUT2D eigenvalue weighted by atomic mass is 10.2. The highest BCUT2D eigenvalue weighted by atomic mass is 35.5. The Hall–Kier alpha value is -2.78. The van der Waals surface area contributed by atoms with Gasteiger partial charge in [-0.2, -0.15) is 0 Å². The maximum Gasteiger partial charge on any atom is 0.519 e. The molecule has 0 aromatic rings. The Kier molecular flexibility index (Phi) is 36.1. The van der Waals surface area contributed by atoms with E-state index >= 15 is 0 Å². The van der Waals surface area contributed by atoms with Crippen molar-refractivity contribution in [3.05, 3.63) is 0 Å². The summed E-state index contributed by atoms with van der Waals surface area (Å²) in [5, 5.41) is 26.1. The minimum absolute atomic E-state index is 0. The zero-order valence-corrected chi connectivity index (χ0v) is 39.0. The summed E-state index contributed by atoms with van der Waals surface area (Å²) < 4.78 is 29.5. The molecular weight excluding hydrogens is 819 g/mol. The SMILES string of the molecule is CC(C)(C)OC(=O)NCCN(C[C@H](CO)NC(=O)OC(C)(C)C)C(=O)OC(C)(C)C.CC(C)(C)OC(=O)OC(=O)OC(C)(C)C.Cl.Cl.Cl.NCCNC[C@@H](N)CO. The number of nitrogens with two attached hydrogens (primary N) is 2. The van der Waals surface area contributed by atoms with Crippen LogP contribution in [0.4, 0.5) is 24.0 Å². The van der Waals surface area contributed by atoms with Crippen molar-refractivity contribution < 1.29 is 62.6 Å². The number of carbonyl (C=O) groups is 5. The van der Waals surface area contributed by atoms with E-state index < -0.39 is 71.2 Å². The lowest BCUT2D eigenvalue weighted by Gasteiger charge is -2.30. The van der Waals surface area contributed by atoms with Gasteiger partial charge >= 0.3 is 30.6 Å². The molecule has 344 valence electrons. The van der Waals surface area contributed by atoms with Crippen LogP contribution in [0.2, 0.25) is 0 Å². The monoisotopic (exact) mass is 892 g/mol. The molecule has 0 spiro atoms. The summed E-state index contributed by atoms with van der Waals surface area (Å²) in [5.74, 6) is 0. The van der Waals surface area contributed by atoms with Gasteiger partial charge in [0.15, 0.2) is 0 Å². The van der Waals surface area contributed by atoms with E-state index in [1.165, 1.54) is 4.90 Å². The summed E-state index contributed by atoms with van der Waals surface area (Å²) in [5.41, 5.74) is 7.08. The average Bonchev–Trinajstić information content (AvgIpc) is 2.91. The smallest absolute Gasteiger partial charge is 0.444 e. The van der Waals surface area contributed by atoms with Crippen LogP contribution >= 0.6 is 37.2 Å². The summed E-state index contributed by atoms with van der Waals surface area (Å²) >= 11 is 0. The van der Waals surface area contributed by atoms with E-state index in [1.54, 1.807) is 104 Å². The van der Waals surface area contributed by atoms with E-state index in [0.717, 1.165) is 6.54 Å². The van der Waals surface area contributed by atoms with Gasteiger partial charge in [0, 0.05) is 45.3 Å². The van der Waals surface area contributed by atoms with Crippen LogP contribution in [-0.4, -0.2) is 138 Å². The Bertz CT molecular complexity index is 1100. The number of hydrogen-bond donors (Lipinski definition) is 7. The molecule has 0 aliphatic rings. The first-order chi connectivity index (χ1) is 24.2. The predicted molar refractivity (Wildman–Crippen MR) is 225 cm³/mol. The molecule has 57 heavy (non-hydrogen) atoms. The summed E-state index contributed by atoms with van der Waals surface area (Å²) in [4.78, 5) is 59.7. The van der Waals surface area contributed by atoms with Gasteiger partial charge in [0.1, 0.15) is 28.0 Å². The highest BCUT2D eigenvalue weighted by Gasteiger charge is 2.27. The van der Waals surface area contributed by atoms with Gasteiger partial charge in [-0.1, -0.05) is 0 Å². The summed E-state index contributed by atoms with van der Waals surface area (Å²) in [6.07, 6.45) is -4.08. The number of hydrogen-bond acceptors (Lipinski definition) is 16. The van der Waals surface area contributed by atoms with E-state index in [0.29, 0.717) is 13.1 Å². The van der Waals surface area contributed by atoms with Crippen molar-refractivity contribution in [3.8, 4) is 0 Å². The van der Waals surface area contributed by atoms with Gasteiger partial charge in [-0.05, 0) is 104 Å². The molecule has 0 radical (unpaired) electrons. The first kappa shape index (κ1) is 66.0. The molecule has 19 nitrogen and oxygen atoms in total. The third kappa shape index (κ3) is 49.3. The Morgan fingerprint density at radius 2 is 1.02 bits per heavy atom. The van der Waals surface area contributed by atoms with E-state index in [2.05, 4.69) is 20.7 Å². The van der Waals surface area contributed by atoms with Crippen LogP contribution in [0.25, 0.3) is 0 Å². The van der Waals surface area contributed by atoms with Crippen molar-refractivity contribution in [2.24, 2.45) is 11.5 Å². The number of carbonyl (C=O) groups excluding carboxylic acids is 5. The first-order valence-corrected chi connectivity index (χ1v) is 17.7. The molecule has 0 aliphatic carbocycles. The van der Waals surface area contributed by atoms with E-state index in [4.69, 9.17) is 40.3 Å². The predicted octanol–water partition coefficient (Wildman–Crippen LogP) is 4.63. The van der Waals surface area contributed by atoms with Gasteiger partial charge in [-0.15, -0.1) is 37.2 Å². The Balaban J connectivity index is -0.000000201. The summed E-state index contributed by atoms with van der Waals surface area (Å²) in [6, 6.07) is -0.939. The van der Waals surface area contributed by atoms with E-state index in [1.807, 2.05) is 0 Å². The minimum atomic E-state index is -1.06. The molecule has 0 aromatic heterocycles. The maximum atomic E-state index is 12.6. The molecule has 0 aromatic carbocycles. The number of nitrogens with one attached hydrogen (secondary N) is 3. The lowest BCUT2D eigenvalue weighted by Crippen LogP contribution is -2.51. The second-order valence-corrected chi connectivity index (χ2v) is 16.8. The summed E-state index contributed by atoms with van der Waals surface area (Å²) in [7, 11) is 0. The zero-order chi connectivity index (χ0) is 43.1. The summed E-state index contributed by atoms with van der Waals surface area (Å²) in [6.45, 7) is 27.3. The van der Waals surface area contributed by atoms with Crippen LogP contribution < -0.4 is 27.4 Å². The third-order valence-corrected chi connectivity index (χ3v) is 4.99. The average molecular weight is 894 g/mol. The molecule has 2 atom stereocenters. The van der Waals surface area contributed by atoms with Crippen molar-refractivity contribution in [2.45, 2.75) is 144 Å². The molecule has 0 saturated carbocycles. The van der Waals surface area contributed by atoms with Gasteiger partial charge < -0.3 is 71.0 Å². The number of alkyl carbamates (subject to hydrolysis) is 2. The van der Waals surface area contributed by atoms with Crippen molar-refractivity contribution in [2.75, 3.05) is 52.5 Å². The molecule has 9 N–H and O–H groups in total. The number of aliphatic hydroxyl groups excluding tert-OH is 2. The minimum Gasteiger partial charge on any atom is -0.444 e. The molecule has 0 aliphatic heterocycles. The molecule has 0 rings (SSSR count). The number of amides is 3. The van der Waals surface area contributed by atoms with Crippen molar-refractivity contribution in [1.29, 1.82) is 0 Å². The fourth-order valence-electron chi connectivity index (χ4n) is 3.14. The molecule has 0 heterocycles. The quantitative estimate of drug-likeness (QED) is 0.0609. The van der Waals surface area contributed by atoms with Gasteiger partial charge in [0.2, 0.25) is 0 Å². The number of halogens is 3. The largest absolute Gasteiger partial charge is 0.519 e. The fraction of sp³-hybridized carbons (Fsp3) is 0.857. The first-order valence-electron chi connectivity index (χ1n) is 17.7. The Labute approximate surface area is 358 Å². The molecular formula is C35H75Cl3N6O13. The van der Waals surface area contributed by atoms with Crippen molar-refractivity contribution in [1.82, 2.24) is 20.9 Å². The Morgan fingerprint density at radius 1 is 0.614 bits per heavy atom. The van der Waals surface area contributed by atoms with Crippen LogP contribution in [0, 0.1) is 0 Å². The normalized spacial score (nSPS) is 12.2. The molecule has 22 heteroatoms. The molecule has 0 fully saturated rings. The van der Waals surface area contributed by atoms with E-state index in [-0.39, 0.29) is 69.5 Å². The number of rotatable bonds is 12. The maximum absolute atomic E-state index is 12.6. The molecule has 0 bridgehead atoms. The molecule has 0 unspecified atom stereocenters. The van der Waals surface area contributed by atoms with Gasteiger partial charge in [0.05, 0.1) is 19.3 Å². The fourth-order valence-corrected chi connectivity index (χ4v) is 3.14. The molecule has 0 saturated heterocycles. The molecule has 3 amide bonds. The van der Waals surface area contributed by atoms with Crippen LogP contribution in [0.15, 0.2) is 0 Å². The van der Waals surface area contributed by atoms with Crippen LogP contribution in [0.3, 0.4) is 0 Å². The third-order valence-electron chi connectivity index (χ3n) is 4.99. The number of ether oxygens (including phenoxy) is 6. The lowest BCUT2D eigenvalue weighted by molar-refractivity contribution is -0.0294. The van der Waals surface area contributed by atoms with Crippen LogP contribution in [0.5, 0.6) is 0 Å². The van der Waals surface area contributed by atoms with Crippen molar-refractivity contribution >= 4 is 67.8 Å². The van der Waals surface area contributed by atoms with Gasteiger partial charge in [0.25, 0.3) is 0 Å². The zero-order valence-electron chi connectivity index (χ0n) is 36.5. The Morgan fingerprint density at radius 3 is 1.37 bits per heavy atom. The standard InChI is InChI=1S/C20H39N3O7.C10H18O5.C5H15N3O.3ClH/c1-18(2,3)28-15(25)21-10-11-23(17(27)30-20(7,8)9)12-14(13-24)22-16(26)29-19(4,5)6;1-9(2,3)14-7(11)13-8(12)15-10(4,5)6;6-1-2-8-3-5(7)4-9;;;/h14,24H,10-13H2,1-9H3,(H,21,25)(H,22,26);1-6H3;5,8-9H,1-4,6-7H2;3*1H/t14-;;5-;;;/m1.1.../s1. The highest BCUT2D eigenvalue weighted by molar-refractivity contribution is 5.86. The van der Waals surface area contributed by atoms with Crippen molar-refractivity contribution in [3.63, 3.8) is 0 Å². The van der Waals surface area contributed by atoms with Gasteiger partial charge in [-0.25, -0.2) is 24.0 Å².